The van der Waals surface area contributed by atoms with Gasteiger partial charge in [0.2, 0.25) is 0 Å². The lowest BCUT2D eigenvalue weighted by Crippen LogP contribution is -2.28. The second-order valence-electron chi connectivity index (χ2n) is 7.95. The number of aliphatic imine (C=N–C) groups is 1. The number of amides is 1. The third-order valence-electron chi connectivity index (χ3n) is 5.59. The summed E-state index contributed by atoms with van der Waals surface area (Å²) in [6.45, 7) is 5.04. The van der Waals surface area contributed by atoms with Gasteiger partial charge in [-0.25, -0.2) is 4.99 Å². The Balaban J connectivity index is 1.56. The topological polar surface area (TPSA) is 84.2 Å². The molecular weight excluding hydrogens is 486 g/mol. The number of carbonyl (C=O) groups is 1. The van der Waals surface area contributed by atoms with Crippen molar-refractivity contribution in [1.29, 1.82) is 5.26 Å². The van der Waals surface area contributed by atoms with E-state index in [-0.39, 0.29) is 12.5 Å². The molecule has 0 aromatic heterocycles. The summed E-state index contributed by atoms with van der Waals surface area (Å²) in [5, 5.41) is 9.95. The molecule has 0 N–H and O–H groups in total. The summed E-state index contributed by atoms with van der Waals surface area (Å²) in [6, 6.07) is 22.5. The molecule has 0 aliphatic carbocycles. The fraction of sp³-hybridized carbons (Fsp3) is 0.207. The zero-order chi connectivity index (χ0) is 26.2. The van der Waals surface area contributed by atoms with Gasteiger partial charge >= 0.3 is 0 Å². The predicted molar refractivity (Wildman–Crippen MR) is 146 cm³/mol. The van der Waals surface area contributed by atoms with E-state index in [9.17, 15) is 10.1 Å². The van der Waals surface area contributed by atoms with Crippen LogP contribution >= 0.6 is 11.8 Å². The maximum absolute atomic E-state index is 13.1. The van der Waals surface area contributed by atoms with Crippen LogP contribution in [-0.4, -0.2) is 36.2 Å². The Morgan fingerprint density at radius 3 is 2.51 bits per heavy atom. The first-order chi connectivity index (χ1) is 18.1. The predicted octanol–water partition coefficient (Wildman–Crippen LogP) is 6.17. The van der Waals surface area contributed by atoms with Gasteiger partial charge < -0.3 is 14.2 Å². The number of ether oxygens (including phenoxy) is 3. The number of amidine groups is 1. The molecule has 0 radical (unpaired) electrons. The largest absolute Gasteiger partial charge is 0.497 e. The second kappa shape index (κ2) is 12.2. The van der Waals surface area contributed by atoms with Crippen LogP contribution in [0.15, 0.2) is 76.6 Å². The first-order valence-electron chi connectivity index (χ1n) is 11.9. The number of nitrogens with zero attached hydrogens (tertiary/aromatic N) is 3. The minimum absolute atomic E-state index is 0.0915. The summed E-state index contributed by atoms with van der Waals surface area (Å²) in [4.78, 5) is 20.0. The molecule has 0 spiro atoms. The average molecular weight is 514 g/mol. The van der Waals surface area contributed by atoms with Crippen LogP contribution in [0.1, 0.15) is 30.5 Å². The molecule has 1 aliphatic heterocycles. The molecular formula is C29H27N3O4S. The molecule has 0 saturated carbocycles. The number of thioether (sulfide) groups is 1. The summed E-state index contributed by atoms with van der Waals surface area (Å²) in [6.07, 6.45) is 1.84. The van der Waals surface area contributed by atoms with Crippen molar-refractivity contribution in [1.82, 2.24) is 4.90 Å². The molecule has 3 aromatic rings. The van der Waals surface area contributed by atoms with E-state index in [1.807, 2.05) is 80.6 Å². The maximum atomic E-state index is 13.1. The van der Waals surface area contributed by atoms with Gasteiger partial charge in [0.1, 0.15) is 12.4 Å². The summed E-state index contributed by atoms with van der Waals surface area (Å²) in [7, 11) is 1.62. The molecule has 0 bridgehead atoms. The quantitative estimate of drug-likeness (QED) is 0.318. The highest BCUT2D eigenvalue weighted by Gasteiger charge is 2.32. The van der Waals surface area contributed by atoms with Crippen LogP contribution in [0.25, 0.3) is 6.08 Å². The van der Waals surface area contributed by atoms with E-state index < -0.39 is 0 Å². The molecule has 188 valence electrons. The number of carbonyl (C=O) groups excluding carboxylic acids is 1. The van der Waals surface area contributed by atoms with Gasteiger partial charge in [-0.1, -0.05) is 24.3 Å². The van der Waals surface area contributed by atoms with Gasteiger partial charge in [0.15, 0.2) is 16.7 Å². The van der Waals surface area contributed by atoms with Crippen LogP contribution in [0.5, 0.6) is 17.2 Å². The third-order valence-corrected chi connectivity index (χ3v) is 6.59. The average Bonchev–Trinajstić information content (AvgIpc) is 3.22. The zero-order valence-electron chi connectivity index (χ0n) is 20.9. The molecule has 7 nitrogen and oxygen atoms in total. The van der Waals surface area contributed by atoms with Gasteiger partial charge in [-0.3, -0.25) is 9.69 Å². The fourth-order valence-corrected chi connectivity index (χ4v) is 4.76. The second-order valence-corrected chi connectivity index (χ2v) is 8.96. The van der Waals surface area contributed by atoms with Gasteiger partial charge in [0.05, 0.1) is 35.9 Å². The van der Waals surface area contributed by atoms with Crippen molar-refractivity contribution >= 4 is 34.6 Å². The van der Waals surface area contributed by atoms with Crippen molar-refractivity contribution in [2.45, 2.75) is 20.5 Å². The van der Waals surface area contributed by atoms with Crippen molar-refractivity contribution in [3.63, 3.8) is 0 Å². The summed E-state index contributed by atoms with van der Waals surface area (Å²) >= 11 is 1.34. The van der Waals surface area contributed by atoms with Gasteiger partial charge in [-0.15, -0.1) is 0 Å². The normalized spacial score (nSPS) is 15.2. The first-order valence-corrected chi connectivity index (χ1v) is 12.7. The van der Waals surface area contributed by atoms with Crippen molar-refractivity contribution in [3.05, 3.63) is 88.3 Å². The number of methoxy groups -OCH3 is 1. The van der Waals surface area contributed by atoms with E-state index in [0.29, 0.717) is 40.3 Å². The van der Waals surface area contributed by atoms with E-state index in [0.717, 1.165) is 22.6 Å². The number of likely N-dealkylation sites (N-methyl/N-ethyl adjacent to an activating group) is 1. The highest BCUT2D eigenvalue weighted by Crippen LogP contribution is 2.36. The Kier molecular flexibility index (Phi) is 8.49. The van der Waals surface area contributed by atoms with E-state index in [1.165, 1.54) is 11.8 Å². The number of rotatable bonds is 9. The molecule has 1 saturated heterocycles. The maximum Gasteiger partial charge on any atom is 0.266 e. The molecule has 1 amide bonds. The van der Waals surface area contributed by atoms with E-state index in [4.69, 9.17) is 14.2 Å². The molecule has 3 aromatic carbocycles. The SMILES string of the molecule is CCOc1cc(/C=C2/SC(=Nc3ccc(OC)cc3)N(CC)C2=O)ccc1OCc1ccccc1C#N. The number of hydrogen-bond acceptors (Lipinski definition) is 7. The van der Waals surface area contributed by atoms with Gasteiger partial charge in [0, 0.05) is 12.1 Å². The van der Waals surface area contributed by atoms with Crippen molar-refractivity contribution < 1.29 is 19.0 Å². The number of benzene rings is 3. The van der Waals surface area contributed by atoms with Crippen LogP contribution in [0.3, 0.4) is 0 Å². The van der Waals surface area contributed by atoms with Crippen molar-refractivity contribution in [2.24, 2.45) is 4.99 Å². The minimum Gasteiger partial charge on any atom is -0.497 e. The Labute approximate surface area is 221 Å². The molecule has 0 atom stereocenters. The van der Waals surface area contributed by atoms with Crippen LogP contribution < -0.4 is 14.2 Å². The van der Waals surface area contributed by atoms with E-state index >= 15 is 0 Å². The lowest BCUT2D eigenvalue weighted by Gasteiger charge is -2.13. The van der Waals surface area contributed by atoms with Gasteiger partial charge in [0.25, 0.3) is 5.91 Å². The smallest absolute Gasteiger partial charge is 0.266 e. The number of nitriles is 1. The highest BCUT2D eigenvalue weighted by atomic mass is 32.2. The van der Waals surface area contributed by atoms with Crippen LogP contribution in [0, 0.1) is 11.3 Å². The summed E-state index contributed by atoms with van der Waals surface area (Å²) < 4.78 is 17.0. The minimum atomic E-state index is -0.0915. The van der Waals surface area contributed by atoms with Crippen LogP contribution in [0.4, 0.5) is 5.69 Å². The Bertz CT molecular complexity index is 1380. The standard InChI is InChI=1S/C29H27N3O4S/c1-4-32-28(33)27(37-29(32)31-23-11-13-24(34-3)14-12-23)17-20-10-15-25(26(16-20)35-5-2)36-19-22-9-7-6-8-21(22)18-30/h6-17H,4-5,19H2,1-3H3/b27-17+,31-29?. The monoisotopic (exact) mass is 513 g/mol. The highest BCUT2D eigenvalue weighted by molar-refractivity contribution is 8.18. The lowest BCUT2D eigenvalue weighted by molar-refractivity contribution is -0.122. The zero-order valence-corrected chi connectivity index (χ0v) is 21.7. The molecule has 1 heterocycles. The van der Waals surface area contributed by atoms with Crippen LogP contribution in [-0.2, 0) is 11.4 Å². The molecule has 1 aliphatic rings. The van der Waals surface area contributed by atoms with Gasteiger partial charge in [-0.2, -0.15) is 5.26 Å². The third kappa shape index (κ3) is 6.13. The Morgan fingerprint density at radius 1 is 1.03 bits per heavy atom. The van der Waals surface area contributed by atoms with Crippen molar-refractivity contribution in [2.75, 3.05) is 20.3 Å². The summed E-state index contributed by atoms with van der Waals surface area (Å²) in [5.41, 5.74) is 2.93. The van der Waals surface area contributed by atoms with E-state index in [1.54, 1.807) is 18.1 Å². The number of hydrogen-bond donors (Lipinski definition) is 0. The summed E-state index contributed by atoms with van der Waals surface area (Å²) in [5.74, 6) is 1.80. The van der Waals surface area contributed by atoms with E-state index in [2.05, 4.69) is 11.1 Å². The molecule has 0 unspecified atom stereocenters. The van der Waals surface area contributed by atoms with Crippen LogP contribution in [0.2, 0.25) is 0 Å². The van der Waals surface area contributed by atoms with Crippen molar-refractivity contribution in [3.8, 4) is 23.3 Å². The molecule has 1 fully saturated rings. The molecule has 4 rings (SSSR count). The molecule has 37 heavy (non-hydrogen) atoms. The Hall–Kier alpha value is -4.22. The fourth-order valence-electron chi connectivity index (χ4n) is 3.70. The Morgan fingerprint density at radius 2 is 1.81 bits per heavy atom. The first kappa shape index (κ1) is 25.9. The lowest BCUT2D eigenvalue weighted by atomic mass is 10.1. The van der Waals surface area contributed by atoms with Gasteiger partial charge in [-0.05, 0) is 79.7 Å². The molecule has 8 heteroatoms.